The van der Waals surface area contributed by atoms with E-state index in [0.717, 1.165) is 45.4 Å². The zero-order valence-electron chi connectivity index (χ0n) is 8.11. The molecule has 13 heavy (non-hydrogen) atoms. The minimum absolute atomic E-state index is 0.753. The molecular weight excluding hydrogens is 163 g/mol. The third-order valence-corrected chi connectivity index (χ3v) is 3.06. The van der Waals surface area contributed by atoms with Gasteiger partial charge < -0.3 is 9.55 Å². The highest BCUT2D eigenvalue weighted by molar-refractivity contribution is 6.04. The lowest BCUT2D eigenvalue weighted by atomic mass is 10.0. The molecule has 0 aliphatic carbocycles. The highest BCUT2D eigenvalue weighted by atomic mass is 16.5. The molecule has 4 heteroatoms. The molecule has 2 saturated heterocycles. The summed E-state index contributed by atoms with van der Waals surface area (Å²) >= 11 is 0. The monoisotopic (exact) mass is 180 g/mol. The summed E-state index contributed by atoms with van der Waals surface area (Å²) in [5, 5.41) is 0. The summed E-state index contributed by atoms with van der Waals surface area (Å²) in [7, 11) is 5.72. The summed E-state index contributed by atoms with van der Waals surface area (Å²) < 4.78 is 5.33. The van der Waals surface area contributed by atoms with E-state index < -0.39 is 0 Å². The molecule has 0 bridgehead atoms. The van der Waals surface area contributed by atoms with E-state index >= 15 is 0 Å². The Morgan fingerprint density at radius 3 is 2.23 bits per heavy atom. The summed E-state index contributed by atoms with van der Waals surface area (Å²) in [4.78, 5) is 4.48. The fourth-order valence-corrected chi connectivity index (χ4v) is 2.19. The molecule has 0 amide bonds. The Bertz CT molecular complexity index is 154. The van der Waals surface area contributed by atoms with Gasteiger partial charge in [-0.05, 0) is 25.9 Å². The molecule has 2 radical (unpaired) electrons. The molecular formula is C9H17BN2O. The van der Waals surface area contributed by atoms with E-state index in [9.17, 15) is 0 Å². The molecule has 2 rings (SSSR count). The van der Waals surface area contributed by atoms with Crippen LogP contribution in [-0.2, 0) is 4.74 Å². The van der Waals surface area contributed by atoms with Crippen LogP contribution >= 0.6 is 0 Å². The molecule has 2 aliphatic heterocycles. The van der Waals surface area contributed by atoms with Crippen molar-refractivity contribution in [1.29, 1.82) is 0 Å². The van der Waals surface area contributed by atoms with Gasteiger partial charge in [-0.15, -0.1) is 0 Å². The molecule has 0 aromatic heterocycles. The Morgan fingerprint density at radius 2 is 1.62 bits per heavy atom. The number of piperidine rings is 1. The first-order valence-electron chi connectivity index (χ1n) is 5.18. The van der Waals surface area contributed by atoms with Crippen LogP contribution in [0.2, 0.25) is 0 Å². The van der Waals surface area contributed by atoms with Crippen LogP contribution in [0, 0.1) is 0 Å². The Morgan fingerprint density at radius 1 is 1.00 bits per heavy atom. The molecule has 0 spiro atoms. The number of rotatable bonds is 1. The van der Waals surface area contributed by atoms with Crippen LogP contribution in [-0.4, -0.2) is 63.1 Å². The number of hydrogen-bond acceptors (Lipinski definition) is 3. The van der Waals surface area contributed by atoms with Crippen LogP contribution in [0.15, 0.2) is 0 Å². The summed E-state index contributed by atoms with van der Waals surface area (Å²) in [5.74, 6) is 0. The average molecular weight is 180 g/mol. The van der Waals surface area contributed by atoms with Gasteiger partial charge >= 0.3 is 0 Å². The second kappa shape index (κ2) is 4.44. The van der Waals surface area contributed by atoms with Crippen molar-refractivity contribution in [3.05, 3.63) is 0 Å². The van der Waals surface area contributed by atoms with E-state index in [4.69, 9.17) is 12.7 Å². The first-order valence-corrected chi connectivity index (χ1v) is 5.18. The zero-order valence-corrected chi connectivity index (χ0v) is 8.11. The highest BCUT2D eigenvalue weighted by Gasteiger charge is 2.23. The van der Waals surface area contributed by atoms with E-state index in [0.29, 0.717) is 0 Å². The van der Waals surface area contributed by atoms with Gasteiger partial charge in [0.1, 0.15) is 0 Å². The van der Waals surface area contributed by atoms with Gasteiger partial charge in [-0.2, -0.15) is 0 Å². The third kappa shape index (κ3) is 2.45. The molecule has 3 nitrogen and oxygen atoms in total. The van der Waals surface area contributed by atoms with E-state index in [1.807, 2.05) is 4.81 Å². The lowest BCUT2D eigenvalue weighted by Crippen LogP contribution is -2.48. The maximum Gasteiger partial charge on any atom is 0.182 e. The zero-order chi connectivity index (χ0) is 9.10. The van der Waals surface area contributed by atoms with E-state index in [1.54, 1.807) is 0 Å². The van der Waals surface area contributed by atoms with Crippen LogP contribution in [0.3, 0.4) is 0 Å². The minimum Gasteiger partial charge on any atom is -0.379 e. The van der Waals surface area contributed by atoms with Crippen molar-refractivity contribution < 1.29 is 4.74 Å². The van der Waals surface area contributed by atoms with Gasteiger partial charge in [0.15, 0.2) is 7.98 Å². The topological polar surface area (TPSA) is 15.7 Å². The third-order valence-electron chi connectivity index (χ3n) is 3.06. The predicted molar refractivity (Wildman–Crippen MR) is 52.7 cm³/mol. The van der Waals surface area contributed by atoms with Crippen LogP contribution in [0.25, 0.3) is 0 Å². The number of nitrogens with zero attached hydrogens (tertiary/aromatic N) is 2. The summed E-state index contributed by atoms with van der Waals surface area (Å²) in [6.45, 7) is 6.11. The molecule has 2 heterocycles. The van der Waals surface area contributed by atoms with Crippen molar-refractivity contribution in [3.8, 4) is 0 Å². The standard InChI is InChI=1S/C9H17BN2O/c10-12-3-1-9(2-4-12)11-5-7-13-8-6-11/h9H,1-8H2. The molecule has 2 fully saturated rings. The van der Waals surface area contributed by atoms with E-state index in [1.165, 1.54) is 12.8 Å². The first kappa shape index (κ1) is 9.50. The van der Waals surface area contributed by atoms with Crippen LogP contribution in [0.1, 0.15) is 12.8 Å². The largest absolute Gasteiger partial charge is 0.379 e. The Labute approximate surface area is 81.5 Å². The second-order valence-corrected chi connectivity index (χ2v) is 3.92. The van der Waals surface area contributed by atoms with Crippen molar-refractivity contribution in [1.82, 2.24) is 9.71 Å². The lowest BCUT2D eigenvalue weighted by Gasteiger charge is -2.39. The molecule has 0 aromatic rings. The van der Waals surface area contributed by atoms with Crippen molar-refractivity contribution in [2.45, 2.75) is 18.9 Å². The lowest BCUT2D eigenvalue weighted by molar-refractivity contribution is 0.00616. The Kier molecular flexibility index (Phi) is 3.25. The second-order valence-electron chi connectivity index (χ2n) is 3.92. The van der Waals surface area contributed by atoms with Gasteiger partial charge in [-0.25, -0.2) is 0 Å². The molecule has 72 valence electrons. The van der Waals surface area contributed by atoms with Gasteiger partial charge in [-0.1, -0.05) is 0 Å². The molecule has 0 saturated carbocycles. The normalized spacial score (nSPS) is 29.2. The minimum atomic E-state index is 0.753. The van der Waals surface area contributed by atoms with E-state index in [2.05, 4.69) is 4.90 Å². The summed E-state index contributed by atoms with van der Waals surface area (Å²) in [6.07, 6.45) is 2.44. The van der Waals surface area contributed by atoms with Crippen LogP contribution in [0.4, 0.5) is 0 Å². The first-order chi connectivity index (χ1) is 6.36. The molecule has 0 unspecified atom stereocenters. The number of hydrogen-bond donors (Lipinski definition) is 0. The van der Waals surface area contributed by atoms with Crippen molar-refractivity contribution >= 4 is 7.98 Å². The van der Waals surface area contributed by atoms with Gasteiger partial charge in [-0.3, -0.25) is 4.90 Å². The predicted octanol–water partition coefficient (Wildman–Crippen LogP) is -0.133. The smallest absolute Gasteiger partial charge is 0.182 e. The average Bonchev–Trinajstić information content (AvgIpc) is 2.20. The summed E-state index contributed by atoms with van der Waals surface area (Å²) in [6, 6.07) is 0.753. The van der Waals surface area contributed by atoms with Crippen LogP contribution < -0.4 is 0 Å². The number of ether oxygens (including phenoxy) is 1. The maximum absolute atomic E-state index is 5.72. The number of morpholine rings is 1. The highest BCUT2D eigenvalue weighted by Crippen LogP contribution is 2.16. The van der Waals surface area contributed by atoms with Crippen molar-refractivity contribution in [2.75, 3.05) is 39.4 Å². The Balaban J connectivity index is 1.79. The maximum atomic E-state index is 5.72. The molecule has 2 aliphatic rings. The van der Waals surface area contributed by atoms with Crippen molar-refractivity contribution in [2.24, 2.45) is 0 Å². The fraction of sp³-hybridized carbons (Fsp3) is 1.00. The quantitative estimate of drug-likeness (QED) is 0.522. The molecule has 0 aromatic carbocycles. The van der Waals surface area contributed by atoms with Gasteiger partial charge in [0, 0.05) is 19.1 Å². The molecule has 0 N–H and O–H groups in total. The molecule has 0 atom stereocenters. The van der Waals surface area contributed by atoms with Gasteiger partial charge in [0.25, 0.3) is 0 Å². The van der Waals surface area contributed by atoms with Gasteiger partial charge in [0.2, 0.25) is 0 Å². The Hall–Kier alpha value is -0.0551. The SMILES string of the molecule is [B]N1CCC(N2CCOCC2)CC1. The van der Waals surface area contributed by atoms with Crippen molar-refractivity contribution in [3.63, 3.8) is 0 Å². The van der Waals surface area contributed by atoms with Gasteiger partial charge in [0.05, 0.1) is 13.2 Å². The fourth-order valence-electron chi connectivity index (χ4n) is 2.19. The van der Waals surface area contributed by atoms with Crippen LogP contribution in [0.5, 0.6) is 0 Å². The van der Waals surface area contributed by atoms with E-state index in [-0.39, 0.29) is 0 Å². The summed E-state index contributed by atoms with van der Waals surface area (Å²) in [5.41, 5.74) is 0.